The van der Waals surface area contributed by atoms with Gasteiger partial charge in [0.25, 0.3) is 0 Å². The fourth-order valence-electron chi connectivity index (χ4n) is 1.60. The smallest absolute Gasteiger partial charge is 0.0749 e. The average molecular weight is 263 g/mol. The number of nitrogens with zero attached hydrogens (tertiary/aromatic N) is 1. The molecule has 0 spiro atoms. The summed E-state index contributed by atoms with van der Waals surface area (Å²) >= 11 is 12.2. The summed E-state index contributed by atoms with van der Waals surface area (Å²) in [4.78, 5) is 1.95. The molecule has 0 amide bonds. The number of aliphatic hydroxyl groups is 1. The third-order valence-electron chi connectivity index (χ3n) is 2.29. The van der Waals surface area contributed by atoms with Gasteiger partial charge >= 0.3 is 0 Å². The standard InChI is InChI=1S/C11H16Cl2N2O/c1-7(2)15(3-4-16)11-9(12)5-8(14)6-10(11)13/h5-7,16H,3-4,14H2,1-2H3. The molecule has 90 valence electrons. The Labute approximate surface area is 106 Å². The van der Waals surface area contributed by atoms with Crippen molar-refractivity contribution in [3.05, 3.63) is 22.2 Å². The number of rotatable bonds is 4. The molecular weight excluding hydrogens is 247 g/mol. The molecule has 0 aliphatic carbocycles. The summed E-state index contributed by atoms with van der Waals surface area (Å²) in [6.45, 7) is 4.56. The molecule has 0 radical (unpaired) electrons. The van der Waals surface area contributed by atoms with Crippen molar-refractivity contribution in [2.24, 2.45) is 0 Å². The Morgan fingerprint density at radius 3 is 2.19 bits per heavy atom. The van der Waals surface area contributed by atoms with E-state index in [1.165, 1.54) is 0 Å². The van der Waals surface area contributed by atoms with Crippen molar-refractivity contribution in [1.29, 1.82) is 0 Å². The Bertz CT molecular complexity index is 346. The van der Waals surface area contributed by atoms with Gasteiger partial charge in [-0.25, -0.2) is 0 Å². The normalized spacial score (nSPS) is 10.9. The second-order valence-electron chi connectivity index (χ2n) is 3.84. The van der Waals surface area contributed by atoms with Gasteiger partial charge in [-0.1, -0.05) is 23.2 Å². The van der Waals surface area contributed by atoms with Crippen LogP contribution in [0.5, 0.6) is 0 Å². The van der Waals surface area contributed by atoms with E-state index >= 15 is 0 Å². The molecule has 0 unspecified atom stereocenters. The van der Waals surface area contributed by atoms with Gasteiger partial charge in [-0.05, 0) is 26.0 Å². The fraction of sp³-hybridized carbons (Fsp3) is 0.455. The molecule has 0 bridgehead atoms. The summed E-state index contributed by atoms with van der Waals surface area (Å²) in [7, 11) is 0. The highest BCUT2D eigenvalue weighted by molar-refractivity contribution is 6.39. The van der Waals surface area contributed by atoms with Crippen LogP contribution in [0.2, 0.25) is 10.0 Å². The first kappa shape index (κ1) is 13.4. The first-order valence-corrected chi connectivity index (χ1v) is 5.85. The van der Waals surface area contributed by atoms with Crippen LogP contribution in [0, 0.1) is 0 Å². The number of hydrogen-bond acceptors (Lipinski definition) is 3. The second-order valence-corrected chi connectivity index (χ2v) is 4.66. The van der Waals surface area contributed by atoms with E-state index in [2.05, 4.69) is 0 Å². The van der Waals surface area contributed by atoms with Gasteiger partial charge in [-0.2, -0.15) is 0 Å². The Kier molecular flexibility index (Phi) is 4.71. The first-order valence-electron chi connectivity index (χ1n) is 5.09. The molecule has 0 aliphatic rings. The molecule has 0 atom stereocenters. The SMILES string of the molecule is CC(C)N(CCO)c1c(Cl)cc(N)cc1Cl. The number of anilines is 2. The second kappa shape index (κ2) is 5.62. The van der Waals surface area contributed by atoms with Crippen LogP contribution in [0.3, 0.4) is 0 Å². The fourth-order valence-corrected chi connectivity index (χ4v) is 2.32. The molecule has 1 rings (SSSR count). The highest BCUT2D eigenvalue weighted by Crippen LogP contribution is 2.36. The lowest BCUT2D eigenvalue weighted by Gasteiger charge is -2.30. The molecule has 0 aliphatic heterocycles. The number of nitrogens with two attached hydrogens (primary N) is 1. The van der Waals surface area contributed by atoms with Gasteiger partial charge < -0.3 is 15.7 Å². The molecule has 0 fully saturated rings. The predicted molar refractivity (Wildman–Crippen MR) is 70.4 cm³/mol. The lowest BCUT2D eigenvalue weighted by Crippen LogP contribution is -2.33. The van der Waals surface area contributed by atoms with Crippen molar-refractivity contribution in [1.82, 2.24) is 0 Å². The number of benzene rings is 1. The van der Waals surface area contributed by atoms with Crippen LogP contribution in [0.1, 0.15) is 13.8 Å². The number of aliphatic hydroxyl groups excluding tert-OH is 1. The van der Waals surface area contributed by atoms with Gasteiger partial charge in [-0.3, -0.25) is 0 Å². The van der Waals surface area contributed by atoms with E-state index in [0.29, 0.717) is 22.3 Å². The minimum Gasteiger partial charge on any atom is -0.399 e. The highest BCUT2D eigenvalue weighted by atomic mass is 35.5. The molecule has 0 saturated carbocycles. The predicted octanol–water partition coefficient (Wildman–Crippen LogP) is 2.78. The van der Waals surface area contributed by atoms with Gasteiger partial charge in [0.05, 0.1) is 22.3 Å². The summed E-state index contributed by atoms with van der Waals surface area (Å²) in [5.41, 5.74) is 6.90. The molecule has 1 aromatic rings. The Hall–Kier alpha value is -0.640. The van der Waals surface area contributed by atoms with Crippen molar-refractivity contribution >= 4 is 34.6 Å². The van der Waals surface area contributed by atoms with Gasteiger partial charge in [0, 0.05) is 18.3 Å². The summed E-state index contributed by atoms with van der Waals surface area (Å²) in [6, 6.07) is 3.52. The van der Waals surface area contributed by atoms with Crippen molar-refractivity contribution in [2.75, 3.05) is 23.8 Å². The van der Waals surface area contributed by atoms with Gasteiger partial charge in [0.15, 0.2) is 0 Å². The van der Waals surface area contributed by atoms with Crippen molar-refractivity contribution in [3.8, 4) is 0 Å². The number of nitrogen functional groups attached to an aromatic ring is 1. The molecule has 1 aromatic carbocycles. The molecule has 5 heteroatoms. The van der Waals surface area contributed by atoms with Crippen LogP contribution in [0.15, 0.2) is 12.1 Å². The van der Waals surface area contributed by atoms with Crippen LogP contribution in [0.25, 0.3) is 0 Å². The molecule has 3 N–H and O–H groups in total. The van der Waals surface area contributed by atoms with E-state index < -0.39 is 0 Å². The van der Waals surface area contributed by atoms with Crippen LogP contribution in [-0.2, 0) is 0 Å². The van der Waals surface area contributed by atoms with Gasteiger partial charge in [-0.15, -0.1) is 0 Å². The van der Waals surface area contributed by atoms with Crippen LogP contribution in [-0.4, -0.2) is 24.3 Å². The van der Waals surface area contributed by atoms with Gasteiger partial charge in [0.1, 0.15) is 0 Å². The van der Waals surface area contributed by atoms with Crippen molar-refractivity contribution < 1.29 is 5.11 Å². The van der Waals surface area contributed by atoms with Gasteiger partial charge in [0.2, 0.25) is 0 Å². The molecule has 0 heterocycles. The third kappa shape index (κ3) is 2.94. The monoisotopic (exact) mass is 262 g/mol. The zero-order valence-corrected chi connectivity index (χ0v) is 10.9. The lowest BCUT2D eigenvalue weighted by molar-refractivity contribution is 0.299. The highest BCUT2D eigenvalue weighted by Gasteiger charge is 2.17. The molecular formula is C11H16Cl2N2O. The molecule has 16 heavy (non-hydrogen) atoms. The average Bonchev–Trinajstić information content (AvgIpc) is 2.14. The van der Waals surface area contributed by atoms with E-state index in [9.17, 15) is 0 Å². The third-order valence-corrected chi connectivity index (χ3v) is 2.87. The Balaban J connectivity index is 3.18. The number of hydrogen-bond donors (Lipinski definition) is 2. The van der Waals surface area contributed by atoms with Crippen LogP contribution in [0.4, 0.5) is 11.4 Å². The van der Waals surface area contributed by atoms with Crippen molar-refractivity contribution in [2.45, 2.75) is 19.9 Å². The number of halogens is 2. The Morgan fingerprint density at radius 1 is 1.31 bits per heavy atom. The van der Waals surface area contributed by atoms with Crippen LogP contribution >= 0.6 is 23.2 Å². The van der Waals surface area contributed by atoms with Crippen molar-refractivity contribution in [3.63, 3.8) is 0 Å². The zero-order chi connectivity index (χ0) is 12.3. The topological polar surface area (TPSA) is 49.5 Å². The molecule has 3 nitrogen and oxygen atoms in total. The summed E-state index contributed by atoms with van der Waals surface area (Å²) < 4.78 is 0. The quantitative estimate of drug-likeness (QED) is 0.821. The minimum absolute atomic E-state index is 0.0508. The van der Waals surface area contributed by atoms with E-state index in [0.717, 1.165) is 5.69 Å². The summed E-state index contributed by atoms with van der Waals surface area (Å²) in [6.07, 6.45) is 0. The maximum absolute atomic E-state index is 9.03. The summed E-state index contributed by atoms with van der Waals surface area (Å²) in [5, 5.41) is 10.0. The maximum Gasteiger partial charge on any atom is 0.0749 e. The minimum atomic E-state index is 0.0508. The Morgan fingerprint density at radius 2 is 1.81 bits per heavy atom. The van der Waals surface area contributed by atoms with E-state index in [1.807, 2.05) is 18.7 Å². The molecule has 0 aromatic heterocycles. The van der Waals surface area contributed by atoms with E-state index in [4.69, 9.17) is 34.0 Å². The van der Waals surface area contributed by atoms with E-state index in [-0.39, 0.29) is 12.6 Å². The first-order chi connectivity index (χ1) is 7.47. The largest absolute Gasteiger partial charge is 0.399 e. The lowest BCUT2D eigenvalue weighted by atomic mass is 10.2. The van der Waals surface area contributed by atoms with Crippen LogP contribution < -0.4 is 10.6 Å². The van der Waals surface area contributed by atoms with E-state index in [1.54, 1.807) is 12.1 Å². The maximum atomic E-state index is 9.03. The zero-order valence-electron chi connectivity index (χ0n) is 9.37. The summed E-state index contributed by atoms with van der Waals surface area (Å²) in [5.74, 6) is 0. The molecule has 0 saturated heterocycles.